The highest BCUT2D eigenvalue weighted by Crippen LogP contribution is 2.11. The van der Waals surface area contributed by atoms with Crippen molar-refractivity contribution in [2.45, 2.75) is 32.1 Å². The fourth-order valence-electron chi connectivity index (χ4n) is 1.38. The van der Waals surface area contributed by atoms with Crippen LogP contribution < -0.4 is 5.32 Å². The van der Waals surface area contributed by atoms with Crippen LogP contribution in [0.3, 0.4) is 0 Å². The van der Waals surface area contributed by atoms with Gasteiger partial charge in [-0.3, -0.25) is 4.79 Å². The standard InChI is InChI=1S/C13H19NOS/c1-4-10(2)14-13(15)12-7-5-6-11(8-12)9-16-3/h5-8,10H,4,9H2,1-3H3,(H,14,15). The number of amides is 1. The molecule has 0 bridgehead atoms. The van der Waals surface area contributed by atoms with Crippen LogP contribution in [0.5, 0.6) is 0 Å². The molecule has 0 radical (unpaired) electrons. The van der Waals surface area contributed by atoms with Gasteiger partial charge in [0.15, 0.2) is 0 Å². The van der Waals surface area contributed by atoms with Gasteiger partial charge in [-0.25, -0.2) is 0 Å². The van der Waals surface area contributed by atoms with Crippen molar-refractivity contribution in [3.8, 4) is 0 Å². The van der Waals surface area contributed by atoms with Crippen molar-refractivity contribution >= 4 is 17.7 Å². The lowest BCUT2D eigenvalue weighted by Gasteiger charge is -2.11. The van der Waals surface area contributed by atoms with Crippen LogP contribution in [-0.2, 0) is 5.75 Å². The second-order valence-electron chi connectivity index (χ2n) is 3.92. The second kappa shape index (κ2) is 6.59. The monoisotopic (exact) mass is 237 g/mol. The van der Waals surface area contributed by atoms with Gasteiger partial charge in [-0.1, -0.05) is 19.1 Å². The molecule has 0 heterocycles. The third-order valence-electron chi connectivity index (χ3n) is 2.49. The Morgan fingerprint density at radius 2 is 2.25 bits per heavy atom. The minimum Gasteiger partial charge on any atom is -0.350 e. The van der Waals surface area contributed by atoms with Gasteiger partial charge in [-0.2, -0.15) is 11.8 Å². The molecular formula is C13H19NOS. The average molecular weight is 237 g/mol. The van der Waals surface area contributed by atoms with Crippen LogP contribution >= 0.6 is 11.8 Å². The Kier molecular flexibility index (Phi) is 5.39. The summed E-state index contributed by atoms with van der Waals surface area (Å²) < 4.78 is 0. The second-order valence-corrected chi connectivity index (χ2v) is 4.78. The van der Waals surface area contributed by atoms with Gasteiger partial charge in [-0.05, 0) is 37.3 Å². The molecule has 1 amide bonds. The normalized spacial score (nSPS) is 12.2. The number of nitrogens with one attached hydrogen (secondary N) is 1. The van der Waals surface area contributed by atoms with E-state index in [9.17, 15) is 4.79 Å². The zero-order chi connectivity index (χ0) is 12.0. The molecule has 0 saturated carbocycles. The molecule has 1 atom stereocenters. The van der Waals surface area contributed by atoms with Gasteiger partial charge in [0.05, 0.1) is 0 Å². The minimum absolute atomic E-state index is 0.0253. The average Bonchev–Trinajstić information content (AvgIpc) is 2.29. The largest absolute Gasteiger partial charge is 0.350 e. The molecule has 1 rings (SSSR count). The first-order valence-corrected chi connectivity index (χ1v) is 6.95. The lowest BCUT2D eigenvalue weighted by Crippen LogP contribution is -2.31. The Bertz CT molecular complexity index is 352. The summed E-state index contributed by atoms with van der Waals surface area (Å²) in [5, 5.41) is 2.97. The van der Waals surface area contributed by atoms with E-state index in [2.05, 4.69) is 24.6 Å². The van der Waals surface area contributed by atoms with Gasteiger partial charge in [0.25, 0.3) is 5.91 Å². The third-order valence-corrected chi connectivity index (χ3v) is 3.11. The Morgan fingerprint density at radius 3 is 2.88 bits per heavy atom. The van der Waals surface area contributed by atoms with Crippen LogP contribution in [0.1, 0.15) is 36.2 Å². The van der Waals surface area contributed by atoms with E-state index in [0.29, 0.717) is 0 Å². The van der Waals surface area contributed by atoms with Gasteiger partial charge in [0.1, 0.15) is 0 Å². The van der Waals surface area contributed by atoms with E-state index in [4.69, 9.17) is 0 Å². The van der Waals surface area contributed by atoms with Crippen molar-refractivity contribution in [1.29, 1.82) is 0 Å². The van der Waals surface area contributed by atoms with Crippen molar-refractivity contribution in [2.24, 2.45) is 0 Å². The van der Waals surface area contributed by atoms with Crippen molar-refractivity contribution in [3.05, 3.63) is 35.4 Å². The zero-order valence-electron chi connectivity index (χ0n) is 10.1. The predicted octanol–water partition coefficient (Wildman–Crippen LogP) is 3.08. The van der Waals surface area contributed by atoms with Crippen molar-refractivity contribution < 1.29 is 4.79 Å². The highest BCUT2D eigenvalue weighted by atomic mass is 32.2. The first kappa shape index (κ1) is 13.1. The summed E-state index contributed by atoms with van der Waals surface area (Å²) in [6, 6.07) is 8.06. The number of rotatable bonds is 5. The van der Waals surface area contributed by atoms with E-state index in [1.165, 1.54) is 5.56 Å². The van der Waals surface area contributed by atoms with Gasteiger partial charge >= 0.3 is 0 Å². The maximum absolute atomic E-state index is 11.9. The van der Waals surface area contributed by atoms with Crippen LogP contribution in [0.4, 0.5) is 0 Å². The molecule has 2 nitrogen and oxygen atoms in total. The number of thioether (sulfide) groups is 1. The van der Waals surface area contributed by atoms with Gasteiger partial charge in [-0.15, -0.1) is 0 Å². The summed E-state index contributed by atoms with van der Waals surface area (Å²) >= 11 is 1.76. The molecule has 3 heteroatoms. The summed E-state index contributed by atoms with van der Waals surface area (Å²) in [6.45, 7) is 4.08. The summed E-state index contributed by atoms with van der Waals surface area (Å²) in [5.74, 6) is 0.974. The molecule has 0 fully saturated rings. The molecule has 0 aliphatic rings. The Morgan fingerprint density at radius 1 is 1.50 bits per heavy atom. The van der Waals surface area contributed by atoms with Crippen LogP contribution in [0.2, 0.25) is 0 Å². The van der Waals surface area contributed by atoms with Crippen molar-refractivity contribution in [3.63, 3.8) is 0 Å². The molecule has 0 aromatic heterocycles. The molecular weight excluding hydrogens is 218 g/mol. The highest BCUT2D eigenvalue weighted by molar-refractivity contribution is 7.97. The van der Waals surface area contributed by atoms with E-state index >= 15 is 0 Å². The molecule has 1 unspecified atom stereocenters. The molecule has 1 N–H and O–H groups in total. The summed E-state index contributed by atoms with van der Waals surface area (Å²) in [5.41, 5.74) is 1.95. The van der Waals surface area contributed by atoms with Crippen LogP contribution in [0.25, 0.3) is 0 Å². The summed E-state index contributed by atoms with van der Waals surface area (Å²) in [7, 11) is 0. The lowest BCUT2D eigenvalue weighted by molar-refractivity contribution is 0.0939. The van der Waals surface area contributed by atoms with Gasteiger partial charge in [0, 0.05) is 17.4 Å². The smallest absolute Gasteiger partial charge is 0.251 e. The Labute approximate surface area is 102 Å². The Hall–Kier alpha value is -0.960. The number of hydrogen-bond acceptors (Lipinski definition) is 2. The quantitative estimate of drug-likeness (QED) is 0.852. The van der Waals surface area contributed by atoms with Crippen molar-refractivity contribution in [1.82, 2.24) is 5.32 Å². The molecule has 16 heavy (non-hydrogen) atoms. The van der Waals surface area contributed by atoms with Gasteiger partial charge < -0.3 is 5.32 Å². The molecule has 1 aromatic rings. The van der Waals surface area contributed by atoms with Crippen LogP contribution in [0, 0.1) is 0 Å². The van der Waals surface area contributed by atoms with Crippen LogP contribution in [0.15, 0.2) is 24.3 Å². The highest BCUT2D eigenvalue weighted by Gasteiger charge is 2.08. The first-order chi connectivity index (χ1) is 7.67. The molecule has 1 aromatic carbocycles. The van der Waals surface area contributed by atoms with Crippen LogP contribution in [-0.4, -0.2) is 18.2 Å². The molecule has 88 valence electrons. The maximum atomic E-state index is 11.9. The summed E-state index contributed by atoms with van der Waals surface area (Å²) in [4.78, 5) is 11.9. The van der Waals surface area contributed by atoms with E-state index < -0.39 is 0 Å². The molecule has 0 aliphatic heterocycles. The van der Waals surface area contributed by atoms with E-state index in [1.54, 1.807) is 11.8 Å². The van der Waals surface area contributed by atoms with E-state index in [-0.39, 0.29) is 11.9 Å². The number of carbonyl (C=O) groups is 1. The van der Waals surface area contributed by atoms with Gasteiger partial charge in [0.2, 0.25) is 0 Å². The van der Waals surface area contributed by atoms with Crippen molar-refractivity contribution in [2.75, 3.05) is 6.26 Å². The SMILES string of the molecule is CCC(C)NC(=O)c1cccc(CSC)c1. The topological polar surface area (TPSA) is 29.1 Å². The number of carbonyl (C=O) groups excluding carboxylic acids is 1. The predicted molar refractivity (Wildman–Crippen MR) is 70.9 cm³/mol. The minimum atomic E-state index is 0.0253. The fourth-order valence-corrected chi connectivity index (χ4v) is 1.89. The van der Waals surface area contributed by atoms with E-state index in [1.807, 2.05) is 25.1 Å². The molecule has 0 saturated heterocycles. The zero-order valence-corrected chi connectivity index (χ0v) is 10.9. The summed E-state index contributed by atoms with van der Waals surface area (Å²) in [6.07, 6.45) is 3.02. The first-order valence-electron chi connectivity index (χ1n) is 5.56. The number of hydrogen-bond donors (Lipinski definition) is 1. The van der Waals surface area contributed by atoms with E-state index in [0.717, 1.165) is 17.7 Å². The Balaban J connectivity index is 2.71. The fraction of sp³-hybridized carbons (Fsp3) is 0.462. The third kappa shape index (κ3) is 3.89. The number of benzene rings is 1. The molecule has 0 spiro atoms. The molecule has 0 aliphatic carbocycles. The maximum Gasteiger partial charge on any atom is 0.251 e. The lowest BCUT2D eigenvalue weighted by atomic mass is 10.1.